The molecular formula is C24H21Cl2N3O3. The molecule has 0 aromatic heterocycles. The molecule has 6 rings (SSSR count). The lowest BCUT2D eigenvalue weighted by Gasteiger charge is -2.36. The predicted molar refractivity (Wildman–Crippen MR) is 122 cm³/mol. The summed E-state index contributed by atoms with van der Waals surface area (Å²) >= 11 is 12.6. The summed E-state index contributed by atoms with van der Waals surface area (Å²) in [5.41, 5.74) is 2.14. The van der Waals surface area contributed by atoms with E-state index in [-0.39, 0.29) is 23.8 Å². The highest BCUT2D eigenvalue weighted by Gasteiger charge is 2.74. The largest absolute Gasteiger partial charge is 0.324 e. The number of amides is 3. The molecule has 8 heteroatoms. The third-order valence-electron chi connectivity index (χ3n) is 7.84. The predicted octanol–water partition coefficient (Wildman–Crippen LogP) is 4.04. The van der Waals surface area contributed by atoms with Crippen molar-refractivity contribution in [1.29, 1.82) is 0 Å². The maximum Gasteiger partial charge on any atom is 0.250 e. The molecule has 3 amide bonds. The molecule has 0 radical (unpaired) electrons. The summed E-state index contributed by atoms with van der Waals surface area (Å²) in [5.74, 6) is -2.19. The summed E-state index contributed by atoms with van der Waals surface area (Å²) in [6.07, 6.45) is 1.65. The fourth-order valence-electron chi connectivity index (χ4n) is 6.47. The highest BCUT2D eigenvalue weighted by Crippen LogP contribution is 2.61. The van der Waals surface area contributed by atoms with Gasteiger partial charge in [0.25, 0.3) is 0 Å². The molecule has 4 heterocycles. The van der Waals surface area contributed by atoms with Crippen molar-refractivity contribution in [3.05, 3.63) is 57.1 Å². The number of halogens is 2. The Hall–Kier alpha value is -2.41. The number of anilines is 2. The minimum atomic E-state index is -1.20. The average Bonchev–Trinajstić information content (AvgIpc) is 3.46. The maximum atomic E-state index is 14.0. The Balaban J connectivity index is 1.58. The number of carbonyl (C=O) groups is 3. The lowest BCUT2D eigenvalue weighted by atomic mass is 9.75. The van der Waals surface area contributed by atoms with Gasteiger partial charge in [-0.1, -0.05) is 35.3 Å². The van der Waals surface area contributed by atoms with Crippen molar-refractivity contribution in [2.45, 2.75) is 38.3 Å². The van der Waals surface area contributed by atoms with E-state index in [9.17, 15) is 14.4 Å². The quantitative estimate of drug-likeness (QED) is 0.639. The van der Waals surface area contributed by atoms with Crippen molar-refractivity contribution >= 4 is 52.3 Å². The van der Waals surface area contributed by atoms with Crippen molar-refractivity contribution in [2.75, 3.05) is 16.8 Å². The second-order valence-corrected chi connectivity index (χ2v) is 9.93. The van der Waals surface area contributed by atoms with E-state index in [1.54, 1.807) is 31.2 Å². The first kappa shape index (κ1) is 20.2. The van der Waals surface area contributed by atoms with Gasteiger partial charge in [0.05, 0.1) is 23.2 Å². The first-order chi connectivity index (χ1) is 15.3. The fraction of sp³-hybridized carbons (Fsp3) is 0.375. The summed E-state index contributed by atoms with van der Waals surface area (Å²) in [4.78, 5) is 44.8. The smallest absolute Gasteiger partial charge is 0.250 e. The van der Waals surface area contributed by atoms with Crippen molar-refractivity contribution in [2.24, 2.45) is 11.8 Å². The Morgan fingerprint density at radius 1 is 1.00 bits per heavy atom. The fourth-order valence-corrected chi connectivity index (χ4v) is 6.79. The molecule has 0 aliphatic carbocycles. The molecule has 2 aromatic rings. The lowest BCUT2D eigenvalue weighted by molar-refractivity contribution is -0.135. The first-order valence-corrected chi connectivity index (χ1v) is 11.6. The van der Waals surface area contributed by atoms with Crippen LogP contribution in [0.2, 0.25) is 10.0 Å². The zero-order chi connectivity index (χ0) is 22.5. The first-order valence-electron chi connectivity index (χ1n) is 10.8. The number of nitrogens with one attached hydrogen (secondary N) is 1. The third kappa shape index (κ3) is 2.18. The minimum Gasteiger partial charge on any atom is -0.324 e. The van der Waals surface area contributed by atoms with Crippen LogP contribution in [0.3, 0.4) is 0 Å². The van der Waals surface area contributed by atoms with Gasteiger partial charge in [-0.15, -0.1) is 0 Å². The molecular weight excluding hydrogens is 449 g/mol. The summed E-state index contributed by atoms with van der Waals surface area (Å²) in [5, 5.41) is 4.05. The van der Waals surface area contributed by atoms with Crippen LogP contribution in [0.25, 0.3) is 0 Å². The molecule has 0 unspecified atom stereocenters. The van der Waals surface area contributed by atoms with Gasteiger partial charge in [0.2, 0.25) is 17.7 Å². The van der Waals surface area contributed by atoms with Gasteiger partial charge in [-0.25, -0.2) is 4.90 Å². The normalized spacial score (nSPS) is 30.8. The van der Waals surface area contributed by atoms with E-state index < -0.39 is 17.4 Å². The molecule has 0 bridgehead atoms. The van der Waals surface area contributed by atoms with Crippen LogP contribution in [0.4, 0.5) is 11.4 Å². The Kier molecular flexibility index (Phi) is 4.15. The standard InChI is InChI=1S/C24H21Cl2N3O3/c1-11-14(25)5-3-6-16(11)29-21(30)18-17-7-4-10-28(17)24(19(18)22(29)31)13-8-9-15(26)12(2)20(13)27-23(24)32/h3,5-6,8-9,17-19H,4,7,10H2,1-2H3,(H,27,32)/t17-,18+,19+,24+/m0/s1. The van der Waals surface area contributed by atoms with Gasteiger partial charge in [0.1, 0.15) is 5.54 Å². The van der Waals surface area contributed by atoms with Crippen LogP contribution in [0.5, 0.6) is 0 Å². The number of carbonyl (C=O) groups excluding carboxylic acids is 3. The summed E-state index contributed by atoms with van der Waals surface area (Å²) in [7, 11) is 0. The third-order valence-corrected chi connectivity index (χ3v) is 8.66. The number of fused-ring (bicyclic) bond motifs is 7. The molecule has 6 nitrogen and oxygen atoms in total. The Bertz CT molecular complexity index is 1250. The van der Waals surface area contributed by atoms with Crippen LogP contribution >= 0.6 is 23.2 Å². The Morgan fingerprint density at radius 3 is 2.53 bits per heavy atom. The molecule has 32 heavy (non-hydrogen) atoms. The van der Waals surface area contributed by atoms with Crippen LogP contribution in [0.15, 0.2) is 30.3 Å². The van der Waals surface area contributed by atoms with Crippen LogP contribution < -0.4 is 10.2 Å². The van der Waals surface area contributed by atoms with E-state index in [0.717, 1.165) is 24.0 Å². The molecule has 0 saturated carbocycles. The number of benzene rings is 2. The van der Waals surface area contributed by atoms with E-state index in [1.165, 1.54) is 4.90 Å². The van der Waals surface area contributed by atoms with Crippen LogP contribution in [-0.2, 0) is 19.9 Å². The van der Waals surface area contributed by atoms with Gasteiger partial charge >= 0.3 is 0 Å². The van der Waals surface area contributed by atoms with Crippen LogP contribution in [0, 0.1) is 25.7 Å². The summed E-state index contributed by atoms with van der Waals surface area (Å²) < 4.78 is 0. The van der Waals surface area contributed by atoms with Crippen LogP contribution in [-0.4, -0.2) is 35.2 Å². The molecule has 4 aliphatic heterocycles. The highest BCUT2D eigenvalue weighted by atomic mass is 35.5. The maximum absolute atomic E-state index is 14.0. The highest BCUT2D eigenvalue weighted by molar-refractivity contribution is 6.33. The van der Waals surface area contributed by atoms with Crippen molar-refractivity contribution in [3.8, 4) is 0 Å². The molecule has 3 fully saturated rings. The molecule has 1 spiro atoms. The second kappa shape index (κ2) is 6.56. The zero-order valence-corrected chi connectivity index (χ0v) is 19.1. The lowest BCUT2D eigenvalue weighted by Crippen LogP contribution is -2.54. The van der Waals surface area contributed by atoms with E-state index in [0.29, 0.717) is 33.5 Å². The van der Waals surface area contributed by atoms with Gasteiger partial charge in [-0.2, -0.15) is 0 Å². The summed E-state index contributed by atoms with van der Waals surface area (Å²) in [6, 6.07) is 8.67. The molecule has 4 aliphatic rings. The molecule has 3 saturated heterocycles. The van der Waals surface area contributed by atoms with Crippen molar-refractivity contribution < 1.29 is 14.4 Å². The van der Waals surface area contributed by atoms with Gasteiger partial charge in [-0.05, 0) is 62.6 Å². The van der Waals surface area contributed by atoms with E-state index in [4.69, 9.17) is 23.2 Å². The number of nitrogens with zero attached hydrogens (tertiary/aromatic N) is 2. The Morgan fingerprint density at radius 2 is 1.75 bits per heavy atom. The van der Waals surface area contributed by atoms with E-state index >= 15 is 0 Å². The SMILES string of the molecule is Cc1c(Cl)cccc1N1C(=O)[C@@H]2[C@@H]3CCCN3[C@@]3(C(=O)Nc4c3ccc(Cl)c4C)[C@H]2C1=O. The molecule has 1 N–H and O–H groups in total. The summed E-state index contributed by atoms with van der Waals surface area (Å²) in [6.45, 7) is 4.33. The van der Waals surface area contributed by atoms with E-state index in [1.807, 2.05) is 13.0 Å². The van der Waals surface area contributed by atoms with Gasteiger partial charge in [-0.3, -0.25) is 19.3 Å². The van der Waals surface area contributed by atoms with Crippen molar-refractivity contribution in [3.63, 3.8) is 0 Å². The Labute approximate surface area is 195 Å². The molecule has 4 atom stereocenters. The number of rotatable bonds is 1. The molecule has 2 aromatic carbocycles. The van der Waals surface area contributed by atoms with Crippen molar-refractivity contribution in [1.82, 2.24) is 4.90 Å². The number of hydrogen-bond acceptors (Lipinski definition) is 4. The topological polar surface area (TPSA) is 69.7 Å². The average molecular weight is 470 g/mol. The monoisotopic (exact) mass is 469 g/mol. The zero-order valence-electron chi connectivity index (χ0n) is 17.6. The minimum absolute atomic E-state index is 0.159. The number of hydrogen-bond donors (Lipinski definition) is 1. The van der Waals surface area contributed by atoms with E-state index in [2.05, 4.69) is 10.2 Å². The van der Waals surface area contributed by atoms with Gasteiger partial charge in [0, 0.05) is 21.7 Å². The van der Waals surface area contributed by atoms with Gasteiger partial charge < -0.3 is 5.32 Å². The van der Waals surface area contributed by atoms with Gasteiger partial charge in [0.15, 0.2) is 0 Å². The molecule has 164 valence electrons. The van der Waals surface area contributed by atoms with Crippen LogP contribution in [0.1, 0.15) is 29.5 Å². The second-order valence-electron chi connectivity index (χ2n) is 9.12. The number of imide groups is 1.